The highest BCUT2D eigenvalue weighted by Crippen LogP contribution is 2.51. The Morgan fingerprint density at radius 1 is 1.22 bits per heavy atom. The summed E-state index contributed by atoms with van der Waals surface area (Å²) in [5, 5.41) is 0. The Hall–Kier alpha value is -1.31. The maximum absolute atomic E-state index is 11.9. The van der Waals surface area contributed by atoms with E-state index in [9.17, 15) is 4.79 Å². The molecular formula is C16H20O2. The van der Waals surface area contributed by atoms with Crippen LogP contribution >= 0.6 is 0 Å². The summed E-state index contributed by atoms with van der Waals surface area (Å²) in [7, 11) is 0. The summed E-state index contributed by atoms with van der Waals surface area (Å²) >= 11 is 0. The largest absolute Gasteiger partial charge is 0.489 e. The van der Waals surface area contributed by atoms with Crippen LogP contribution in [0.1, 0.15) is 44.6 Å². The lowest BCUT2D eigenvalue weighted by atomic mass is 9.63. The molecule has 0 heterocycles. The second kappa shape index (κ2) is 4.42. The van der Waals surface area contributed by atoms with E-state index in [1.807, 2.05) is 12.1 Å². The lowest BCUT2D eigenvalue weighted by molar-refractivity contribution is -0.151. The van der Waals surface area contributed by atoms with Gasteiger partial charge in [-0.3, -0.25) is 4.79 Å². The summed E-state index contributed by atoms with van der Waals surface area (Å²) in [6, 6.07) is 8.28. The van der Waals surface area contributed by atoms with Gasteiger partial charge in [0, 0.05) is 6.42 Å². The molecule has 2 saturated carbocycles. The van der Waals surface area contributed by atoms with Gasteiger partial charge in [0.2, 0.25) is 0 Å². The molecule has 18 heavy (non-hydrogen) atoms. The van der Waals surface area contributed by atoms with Crippen LogP contribution in [-0.2, 0) is 11.2 Å². The Morgan fingerprint density at radius 2 is 1.89 bits per heavy atom. The molecule has 0 radical (unpaired) electrons. The van der Waals surface area contributed by atoms with Gasteiger partial charge in [-0.05, 0) is 37.0 Å². The van der Waals surface area contributed by atoms with E-state index in [0.29, 0.717) is 12.2 Å². The minimum atomic E-state index is -0.122. The molecular weight excluding hydrogens is 224 g/mol. The molecule has 2 aliphatic rings. The van der Waals surface area contributed by atoms with Gasteiger partial charge in [0.05, 0.1) is 5.41 Å². The molecule has 1 aromatic rings. The number of Topliss-reactive ketones (excluding diaryl/α,β-unsaturated/α-hetero) is 1. The normalized spacial score (nSPS) is 25.2. The molecule has 0 aromatic heterocycles. The summed E-state index contributed by atoms with van der Waals surface area (Å²) < 4.78 is 6.04. The van der Waals surface area contributed by atoms with Gasteiger partial charge in [0.15, 0.2) is 0 Å². The molecule has 1 spiro atoms. The van der Waals surface area contributed by atoms with Crippen molar-refractivity contribution in [2.24, 2.45) is 5.41 Å². The topological polar surface area (TPSA) is 26.3 Å². The zero-order valence-electron chi connectivity index (χ0n) is 10.9. The van der Waals surface area contributed by atoms with E-state index in [4.69, 9.17) is 4.74 Å². The highest BCUT2D eigenvalue weighted by Gasteiger charge is 2.57. The molecule has 96 valence electrons. The van der Waals surface area contributed by atoms with Gasteiger partial charge in [0.1, 0.15) is 17.6 Å². The number of rotatable bonds is 3. The van der Waals surface area contributed by atoms with Crippen molar-refractivity contribution >= 4 is 5.78 Å². The molecule has 0 aliphatic heterocycles. The zero-order chi connectivity index (χ0) is 12.6. The molecule has 1 unspecified atom stereocenters. The van der Waals surface area contributed by atoms with Crippen molar-refractivity contribution in [1.29, 1.82) is 0 Å². The highest BCUT2D eigenvalue weighted by molar-refractivity contribution is 5.92. The second-order valence-corrected chi connectivity index (χ2v) is 5.59. The first-order valence-electron chi connectivity index (χ1n) is 7.03. The van der Waals surface area contributed by atoms with Crippen molar-refractivity contribution in [3.05, 3.63) is 29.8 Å². The first-order chi connectivity index (χ1) is 8.74. The zero-order valence-corrected chi connectivity index (χ0v) is 10.9. The van der Waals surface area contributed by atoms with Crippen molar-refractivity contribution in [3.63, 3.8) is 0 Å². The third kappa shape index (κ3) is 1.75. The van der Waals surface area contributed by atoms with E-state index in [0.717, 1.165) is 25.0 Å². The molecule has 0 amide bonds. The van der Waals surface area contributed by atoms with Crippen molar-refractivity contribution in [3.8, 4) is 5.75 Å². The lowest BCUT2D eigenvalue weighted by Crippen LogP contribution is -2.55. The number of hydrogen-bond donors (Lipinski definition) is 0. The quantitative estimate of drug-likeness (QED) is 0.813. The summed E-state index contributed by atoms with van der Waals surface area (Å²) in [5.41, 5.74) is 1.20. The van der Waals surface area contributed by atoms with Crippen molar-refractivity contribution in [2.75, 3.05) is 0 Å². The van der Waals surface area contributed by atoms with E-state index < -0.39 is 0 Å². The maximum Gasteiger partial charge on any atom is 0.146 e. The fourth-order valence-electron chi connectivity index (χ4n) is 3.34. The van der Waals surface area contributed by atoms with Gasteiger partial charge in [-0.1, -0.05) is 31.9 Å². The predicted octanol–water partition coefficient (Wildman–Crippen LogP) is 3.53. The summed E-state index contributed by atoms with van der Waals surface area (Å²) in [6.45, 7) is 2.15. The third-order valence-electron chi connectivity index (χ3n) is 4.65. The lowest BCUT2D eigenvalue weighted by Gasteiger charge is -2.44. The number of carbonyl (C=O) groups excluding carboxylic acids is 1. The smallest absolute Gasteiger partial charge is 0.146 e. The van der Waals surface area contributed by atoms with Crippen LogP contribution in [-0.4, -0.2) is 11.9 Å². The molecule has 3 rings (SSSR count). The Labute approximate surface area is 108 Å². The molecule has 0 saturated heterocycles. The summed E-state index contributed by atoms with van der Waals surface area (Å²) in [6.07, 6.45) is 6.20. The summed E-state index contributed by atoms with van der Waals surface area (Å²) in [4.78, 5) is 11.9. The Bertz CT molecular complexity index is 441. The fourth-order valence-corrected chi connectivity index (χ4v) is 3.34. The van der Waals surface area contributed by atoms with Crippen LogP contribution in [0.3, 0.4) is 0 Å². The van der Waals surface area contributed by atoms with Gasteiger partial charge in [-0.15, -0.1) is 0 Å². The maximum atomic E-state index is 11.9. The minimum absolute atomic E-state index is 0.122. The Balaban J connectivity index is 1.71. The van der Waals surface area contributed by atoms with E-state index in [-0.39, 0.29) is 11.5 Å². The molecule has 0 bridgehead atoms. The predicted molar refractivity (Wildman–Crippen MR) is 70.8 cm³/mol. The van der Waals surface area contributed by atoms with Crippen LogP contribution in [0, 0.1) is 5.41 Å². The molecule has 0 N–H and O–H groups in total. The SMILES string of the molecule is CCc1ccc(OC2CC(=O)C23CCCC3)cc1. The van der Waals surface area contributed by atoms with Crippen LogP contribution in [0.25, 0.3) is 0 Å². The monoisotopic (exact) mass is 244 g/mol. The number of ether oxygens (including phenoxy) is 1. The third-order valence-corrected chi connectivity index (χ3v) is 4.65. The number of ketones is 1. The fraction of sp³-hybridized carbons (Fsp3) is 0.562. The second-order valence-electron chi connectivity index (χ2n) is 5.59. The van der Waals surface area contributed by atoms with Crippen LogP contribution in [0.4, 0.5) is 0 Å². The molecule has 2 aliphatic carbocycles. The van der Waals surface area contributed by atoms with E-state index in [1.54, 1.807) is 0 Å². The molecule has 2 heteroatoms. The van der Waals surface area contributed by atoms with Gasteiger partial charge in [-0.25, -0.2) is 0 Å². The number of aryl methyl sites for hydroxylation is 1. The van der Waals surface area contributed by atoms with Gasteiger partial charge in [0.25, 0.3) is 0 Å². The average molecular weight is 244 g/mol. The number of carbonyl (C=O) groups is 1. The Morgan fingerprint density at radius 3 is 2.44 bits per heavy atom. The highest BCUT2D eigenvalue weighted by atomic mass is 16.5. The number of benzene rings is 1. The average Bonchev–Trinajstić information content (AvgIpc) is 2.92. The van der Waals surface area contributed by atoms with Crippen molar-refractivity contribution in [2.45, 2.75) is 51.6 Å². The van der Waals surface area contributed by atoms with Crippen LogP contribution in [0.15, 0.2) is 24.3 Å². The molecule has 1 atom stereocenters. The van der Waals surface area contributed by atoms with E-state index in [2.05, 4.69) is 19.1 Å². The van der Waals surface area contributed by atoms with Gasteiger partial charge < -0.3 is 4.74 Å². The molecule has 2 nitrogen and oxygen atoms in total. The number of hydrogen-bond acceptors (Lipinski definition) is 2. The minimum Gasteiger partial charge on any atom is -0.489 e. The van der Waals surface area contributed by atoms with Crippen molar-refractivity contribution < 1.29 is 9.53 Å². The van der Waals surface area contributed by atoms with Crippen LogP contribution < -0.4 is 4.74 Å². The first kappa shape index (κ1) is 11.8. The van der Waals surface area contributed by atoms with Crippen LogP contribution in [0.2, 0.25) is 0 Å². The van der Waals surface area contributed by atoms with E-state index in [1.165, 1.54) is 18.4 Å². The van der Waals surface area contributed by atoms with Gasteiger partial charge in [-0.2, -0.15) is 0 Å². The summed E-state index contributed by atoms with van der Waals surface area (Å²) in [5.74, 6) is 1.34. The molecule has 1 aromatic carbocycles. The van der Waals surface area contributed by atoms with Crippen LogP contribution in [0.5, 0.6) is 5.75 Å². The van der Waals surface area contributed by atoms with E-state index >= 15 is 0 Å². The van der Waals surface area contributed by atoms with Gasteiger partial charge >= 0.3 is 0 Å². The van der Waals surface area contributed by atoms with Crippen molar-refractivity contribution in [1.82, 2.24) is 0 Å². The first-order valence-corrected chi connectivity index (χ1v) is 7.03. The Kier molecular flexibility index (Phi) is 2.89. The standard InChI is InChI=1S/C16H20O2/c1-2-12-5-7-13(8-6-12)18-15-11-14(17)16(15)9-3-4-10-16/h5-8,15H,2-4,9-11H2,1H3. The molecule has 2 fully saturated rings.